The van der Waals surface area contributed by atoms with E-state index in [0.29, 0.717) is 34.6 Å². The topological polar surface area (TPSA) is 44.8 Å². The summed E-state index contributed by atoms with van der Waals surface area (Å²) in [6, 6.07) is 3.39. The Kier molecular flexibility index (Phi) is 4.72. The summed E-state index contributed by atoms with van der Waals surface area (Å²) < 4.78 is 16.9. The predicted molar refractivity (Wildman–Crippen MR) is 88.3 cm³/mol. The first-order chi connectivity index (χ1) is 11.0. The highest BCUT2D eigenvalue weighted by Gasteiger charge is 2.37. The highest BCUT2D eigenvalue weighted by Crippen LogP contribution is 2.41. The van der Waals surface area contributed by atoms with E-state index in [9.17, 15) is 4.79 Å². The standard InChI is InChI=1S/C18H23ClO4/c1-18(2)22-14-9-8-13(19)16(15(14)17(20)23-18)21-11-10-12-6-4-3-5-7-12/h8-9,12H,3-7,10-11H2,1-2H3. The van der Waals surface area contributed by atoms with Gasteiger partial charge in [0.2, 0.25) is 5.79 Å². The van der Waals surface area contributed by atoms with Crippen LogP contribution >= 0.6 is 11.6 Å². The fourth-order valence-corrected chi connectivity index (χ4v) is 3.53. The molecule has 126 valence electrons. The zero-order chi connectivity index (χ0) is 16.4. The molecule has 1 aromatic carbocycles. The van der Waals surface area contributed by atoms with Crippen LogP contribution < -0.4 is 9.47 Å². The van der Waals surface area contributed by atoms with Crippen LogP contribution in [0.1, 0.15) is 62.7 Å². The number of ether oxygens (including phenoxy) is 3. The first-order valence-electron chi connectivity index (χ1n) is 8.34. The van der Waals surface area contributed by atoms with E-state index in [0.717, 1.165) is 6.42 Å². The fourth-order valence-electron chi connectivity index (χ4n) is 3.32. The number of carbonyl (C=O) groups excluding carboxylic acids is 1. The highest BCUT2D eigenvalue weighted by molar-refractivity contribution is 6.32. The Hall–Kier alpha value is -1.42. The van der Waals surface area contributed by atoms with Crippen LogP contribution in [0.15, 0.2) is 12.1 Å². The summed E-state index contributed by atoms with van der Waals surface area (Å²) in [6.07, 6.45) is 7.48. The van der Waals surface area contributed by atoms with Gasteiger partial charge in [-0.3, -0.25) is 0 Å². The van der Waals surface area contributed by atoms with Crippen molar-refractivity contribution < 1.29 is 19.0 Å². The van der Waals surface area contributed by atoms with Crippen molar-refractivity contribution in [2.24, 2.45) is 5.92 Å². The minimum absolute atomic E-state index is 0.292. The summed E-state index contributed by atoms with van der Waals surface area (Å²) in [4.78, 5) is 12.3. The van der Waals surface area contributed by atoms with Gasteiger partial charge in [-0.15, -0.1) is 0 Å². The van der Waals surface area contributed by atoms with Gasteiger partial charge in [0.1, 0.15) is 11.3 Å². The Morgan fingerprint density at radius 3 is 2.70 bits per heavy atom. The highest BCUT2D eigenvalue weighted by atomic mass is 35.5. The van der Waals surface area contributed by atoms with E-state index in [1.54, 1.807) is 26.0 Å². The maximum absolute atomic E-state index is 12.3. The van der Waals surface area contributed by atoms with Gasteiger partial charge in [-0.25, -0.2) is 4.79 Å². The average Bonchev–Trinajstić information content (AvgIpc) is 2.49. The van der Waals surface area contributed by atoms with Gasteiger partial charge in [-0.05, 0) is 24.5 Å². The lowest BCUT2D eigenvalue weighted by atomic mass is 9.87. The van der Waals surface area contributed by atoms with Gasteiger partial charge in [-0.2, -0.15) is 0 Å². The summed E-state index contributed by atoms with van der Waals surface area (Å²) in [5.74, 6) is 0.122. The lowest BCUT2D eigenvalue weighted by Crippen LogP contribution is -2.39. The van der Waals surface area contributed by atoms with Crippen molar-refractivity contribution in [2.75, 3.05) is 6.61 Å². The van der Waals surface area contributed by atoms with Crippen LogP contribution in [0.3, 0.4) is 0 Å². The lowest BCUT2D eigenvalue weighted by Gasteiger charge is -2.32. The molecule has 5 heteroatoms. The molecule has 3 rings (SSSR count). The normalized spacial score (nSPS) is 20.4. The van der Waals surface area contributed by atoms with Gasteiger partial charge in [0, 0.05) is 13.8 Å². The number of hydrogen-bond acceptors (Lipinski definition) is 4. The molecule has 0 atom stereocenters. The number of fused-ring (bicyclic) bond motifs is 1. The summed E-state index contributed by atoms with van der Waals surface area (Å²) in [5.41, 5.74) is 0.292. The van der Waals surface area contributed by atoms with Crippen LogP contribution in [-0.2, 0) is 4.74 Å². The summed E-state index contributed by atoms with van der Waals surface area (Å²) in [5, 5.41) is 0.410. The number of benzene rings is 1. The number of esters is 1. The number of rotatable bonds is 4. The van der Waals surface area contributed by atoms with Crippen LogP contribution in [0.25, 0.3) is 0 Å². The smallest absolute Gasteiger partial charge is 0.349 e. The largest absolute Gasteiger partial charge is 0.491 e. The first-order valence-corrected chi connectivity index (χ1v) is 8.72. The lowest BCUT2D eigenvalue weighted by molar-refractivity contribution is -0.127. The molecule has 0 N–H and O–H groups in total. The molecule has 23 heavy (non-hydrogen) atoms. The molecule has 1 aliphatic heterocycles. The third-order valence-electron chi connectivity index (χ3n) is 4.47. The molecule has 2 aliphatic rings. The molecule has 1 saturated carbocycles. The minimum atomic E-state index is -0.975. The second kappa shape index (κ2) is 6.60. The predicted octanol–water partition coefficient (Wildman–Crippen LogP) is 4.97. The van der Waals surface area contributed by atoms with Gasteiger partial charge < -0.3 is 14.2 Å². The van der Waals surface area contributed by atoms with Gasteiger partial charge in [-0.1, -0.05) is 43.7 Å². The van der Waals surface area contributed by atoms with E-state index in [2.05, 4.69) is 0 Å². The molecule has 0 spiro atoms. The van der Waals surface area contributed by atoms with Gasteiger partial charge >= 0.3 is 5.97 Å². The Morgan fingerprint density at radius 2 is 1.96 bits per heavy atom. The van der Waals surface area contributed by atoms with Crippen molar-refractivity contribution >= 4 is 17.6 Å². The van der Waals surface area contributed by atoms with E-state index in [-0.39, 0.29) is 0 Å². The molecule has 0 aromatic heterocycles. The Morgan fingerprint density at radius 1 is 1.22 bits per heavy atom. The Bertz CT molecular complexity index is 591. The van der Waals surface area contributed by atoms with E-state index in [1.165, 1.54) is 32.1 Å². The Labute approximate surface area is 142 Å². The molecule has 1 fully saturated rings. The van der Waals surface area contributed by atoms with E-state index < -0.39 is 11.8 Å². The summed E-state index contributed by atoms with van der Waals surface area (Å²) in [7, 11) is 0. The maximum Gasteiger partial charge on any atom is 0.349 e. The SMILES string of the molecule is CC1(C)OC(=O)c2c(ccc(Cl)c2OCCC2CCCCC2)O1. The van der Waals surface area contributed by atoms with E-state index in [4.69, 9.17) is 25.8 Å². The quantitative estimate of drug-likeness (QED) is 0.727. The number of cyclic esters (lactones) is 1. The zero-order valence-electron chi connectivity index (χ0n) is 13.7. The molecule has 0 radical (unpaired) electrons. The number of carbonyl (C=O) groups is 1. The molecule has 1 aliphatic carbocycles. The summed E-state index contributed by atoms with van der Waals surface area (Å²) in [6.45, 7) is 3.95. The van der Waals surface area contributed by atoms with Gasteiger partial charge in [0.05, 0.1) is 11.6 Å². The van der Waals surface area contributed by atoms with Crippen LogP contribution in [-0.4, -0.2) is 18.4 Å². The second-order valence-corrected chi connectivity index (χ2v) is 7.19. The second-order valence-electron chi connectivity index (χ2n) is 6.78. The zero-order valence-corrected chi connectivity index (χ0v) is 14.4. The van der Waals surface area contributed by atoms with Crippen LogP contribution in [0.5, 0.6) is 11.5 Å². The van der Waals surface area contributed by atoms with Gasteiger partial charge in [0.25, 0.3) is 0 Å². The third kappa shape index (κ3) is 3.74. The molecular formula is C18H23ClO4. The fraction of sp³-hybridized carbons (Fsp3) is 0.611. The molecule has 1 heterocycles. The number of halogens is 1. The average molecular weight is 339 g/mol. The molecule has 0 amide bonds. The molecule has 0 saturated heterocycles. The summed E-state index contributed by atoms with van der Waals surface area (Å²) >= 11 is 6.23. The van der Waals surface area contributed by atoms with Crippen molar-refractivity contribution in [3.63, 3.8) is 0 Å². The van der Waals surface area contributed by atoms with Crippen molar-refractivity contribution in [3.05, 3.63) is 22.7 Å². The van der Waals surface area contributed by atoms with Gasteiger partial charge in [0.15, 0.2) is 5.75 Å². The molecule has 0 unspecified atom stereocenters. The number of hydrogen-bond donors (Lipinski definition) is 0. The van der Waals surface area contributed by atoms with E-state index in [1.807, 2.05) is 0 Å². The minimum Gasteiger partial charge on any atom is -0.491 e. The van der Waals surface area contributed by atoms with Crippen molar-refractivity contribution in [1.82, 2.24) is 0 Å². The van der Waals surface area contributed by atoms with Crippen LogP contribution in [0, 0.1) is 5.92 Å². The molecular weight excluding hydrogens is 316 g/mol. The monoisotopic (exact) mass is 338 g/mol. The first kappa shape index (κ1) is 16.4. The van der Waals surface area contributed by atoms with Crippen molar-refractivity contribution in [2.45, 2.75) is 58.2 Å². The van der Waals surface area contributed by atoms with Crippen LogP contribution in [0.4, 0.5) is 0 Å². The molecule has 1 aromatic rings. The molecule has 4 nitrogen and oxygen atoms in total. The Balaban J connectivity index is 1.73. The molecule has 0 bridgehead atoms. The maximum atomic E-state index is 12.3. The van der Waals surface area contributed by atoms with E-state index >= 15 is 0 Å². The third-order valence-corrected chi connectivity index (χ3v) is 4.76. The van der Waals surface area contributed by atoms with Crippen molar-refractivity contribution in [1.29, 1.82) is 0 Å². The van der Waals surface area contributed by atoms with Crippen molar-refractivity contribution in [3.8, 4) is 11.5 Å². The van der Waals surface area contributed by atoms with Crippen LogP contribution in [0.2, 0.25) is 5.02 Å².